The zero-order chi connectivity index (χ0) is 16.9. The SMILES string of the molecule is Cc1ccc(NC(=O)c2ccccc2SCc2cscn2)c(O)c1. The summed E-state index contributed by atoms with van der Waals surface area (Å²) in [7, 11) is 0. The normalized spacial score (nSPS) is 10.5. The summed E-state index contributed by atoms with van der Waals surface area (Å²) in [6.07, 6.45) is 0. The Morgan fingerprint density at radius 1 is 1.29 bits per heavy atom. The molecule has 1 amide bonds. The third-order valence-corrected chi connectivity index (χ3v) is 5.13. The summed E-state index contributed by atoms with van der Waals surface area (Å²) in [6, 6.07) is 12.6. The van der Waals surface area contributed by atoms with Gasteiger partial charge in [0.15, 0.2) is 0 Å². The lowest BCUT2D eigenvalue weighted by molar-refractivity contribution is 0.102. The molecule has 3 aromatic rings. The van der Waals surface area contributed by atoms with Crippen molar-refractivity contribution in [2.24, 2.45) is 0 Å². The van der Waals surface area contributed by atoms with E-state index in [1.807, 2.05) is 36.6 Å². The Hall–Kier alpha value is -2.31. The lowest BCUT2D eigenvalue weighted by Gasteiger charge is -2.11. The molecule has 1 heterocycles. The van der Waals surface area contributed by atoms with Crippen molar-refractivity contribution in [3.8, 4) is 5.75 Å². The molecule has 2 N–H and O–H groups in total. The number of amides is 1. The van der Waals surface area contributed by atoms with E-state index in [2.05, 4.69) is 10.3 Å². The Morgan fingerprint density at radius 2 is 2.12 bits per heavy atom. The van der Waals surface area contributed by atoms with Gasteiger partial charge in [0, 0.05) is 16.0 Å². The summed E-state index contributed by atoms with van der Waals surface area (Å²) in [6.45, 7) is 1.88. The van der Waals surface area contributed by atoms with Crippen molar-refractivity contribution in [3.63, 3.8) is 0 Å². The number of thiazole rings is 1. The summed E-state index contributed by atoms with van der Waals surface area (Å²) in [5, 5.41) is 14.7. The zero-order valence-corrected chi connectivity index (χ0v) is 14.7. The second-order valence-electron chi connectivity index (χ2n) is 5.24. The summed E-state index contributed by atoms with van der Waals surface area (Å²) in [5.41, 5.74) is 4.72. The highest BCUT2D eigenvalue weighted by Gasteiger charge is 2.13. The number of aromatic hydroxyl groups is 1. The van der Waals surface area contributed by atoms with Crippen LogP contribution in [0.2, 0.25) is 0 Å². The predicted octanol–water partition coefficient (Wildman–Crippen LogP) is 4.70. The molecular formula is C18H16N2O2S2. The first-order valence-corrected chi connectivity index (χ1v) is 9.26. The van der Waals surface area contributed by atoms with Gasteiger partial charge in [0.25, 0.3) is 5.91 Å². The molecule has 0 unspecified atom stereocenters. The van der Waals surface area contributed by atoms with Crippen LogP contribution in [-0.2, 0) is 5.75 Å². The van der Waals surface area contributed by atoms with E-state index in [0.29, 0.717) is 17.0 Å². The molecule has 6 heteroatoms. The van der Waals surface area contributed by atoms with Crippen LogP contribution < -0.4 is 5.32 Å². The minimum atomic E-state index is -0.240. The fourth-order valence-corrected chi connectivity index (χ4v) is 3.79. The maximum Gasteiger partial charge on any atom is 0.256 e. The maximum atomic E-state index is 12.6. The second kappa shape index (κ2) is 7.51. The van der Waals surface area contributed by atoms with Crippen molar-refractivity contribution in [3.05, 3.63) is 70.2 Å². The molecular weight excluding hydrogens is 340 g/mol. The predicted molar refractivity (Wildman–Crippen MR) is 98.9 cm³/mol. The van der Waals surface area contributed by atoms with Gasteiger partial charge < -0.3 is 10.4 Å². The third-order valence-electron chi connectivity index (χ3n) is 3.39. The molecule has 0 aliphatic carbocycles. The van der Waals surface area contributed by atoms with E-state index in [0.717, 1.165) is 16.2 Å². The van der Waals surface area contributed by atoms with Gasteiger partial charge in [-0.3, -0.25) is 4.79 Å². The number of aryl methyl sites for hydroxylation is 1. The second-order valence-corrected chi connectivity index (χ2v) is 6.98. The molecule has 4 nitrogen and oxygen atoms in total. The van der Waals surface area contributed by atoms with E-state index < -0.39 is 0 Å². The van der Waals surface area contributed by atoms with Crippen LogP contribution in [0.3, 0.4) is 0 Å². The Balaban J connectivity index is 1.77. The van der Waals surface area contributed by atoms with Crippen LogP contribution in [0.1, 0.15) is 21.6 Å². The van der Waals surface area contributed by atoms with E-state index in [4.69, 9.17) is 0 Å². The van der Waals surface area contributed by atoms with Crippen LogP contribution in [0.25, 0.3) is 0 Å². The van der Waals surface area contributed by atoms with Crippen molar-refractivity contribution < 1.29 is 9.90 Å². The minimum Gasteiger partial charge on any atom is -0.506 e. The van der Waals surface area contributed by atoms with Gasteiger partial charge >= 0.3 is 0 Å². The Labute approximate surface area is 148 Å². The molecule has 0 aliphatic heterocycles. The molecule has 0 spiro atoms. The highest BCUT2D eigenvalue weighted by molar-refractivity contribution is 7.98. The number of nitrogens with one attached hydrogen (secondary N) is 1. The Kier molecular flexibility index (Phi) is 5.17. The van der Waals surface area contributed by atoms with Gasteiger partial charge in [-0.05, 0) is 36.8 Å². The largest absolute Gasteiger partial charge is 0.506 e. The number of carbonyl (C=O) groups excluding carboxylic acids is 1. The van der Waals surface area contributed by atoms with Gasteiger partial charge in [-0.2, -0.15) is 0 Å². The number of nitrogens with zero attached hydrogens (tertiary/aromatic N) is 1. The van der Waals surface area contributed by atoms with Crippen molar-refractivity contribution >= 4 is 34.7 Å². The molecule has 3 rings (SSSR count). The number of anilines is 1. The smallest absolute Gasteiger partial charge is 0.256 e. The van der Waals surface area contributed by atoms with Gasteiger partial charge in [0.2, 0.25) is 0 Å². The van der Waals surface area contributed by atoms with Crippen molar-refractivity contribution in [1.29, 1.82) is 0 Å². The van der Waals surface area contributed by atoms with E-state index >= 15 is 0 Å². The van der Waals surface area contributed by atoms with Crippen molar-refractivity contribution in [1.82, 2.24) is 4.98 Å². The Morgan fingerprint density at radius 3 is 2.88 bits per heavy atom. The van der Waals surface area contributed by atoms with Crippen LogP contribution in [0, 0.1) is 6.92 Å². The van der Waals surface area contributed by atoms with Gasteiger partial charge in [-0.15, -0.1) is 23.1 Å². The molecule has 0 bridgehead atoms. The number of phenolic OH excluding ortho intramolecular Hbond substituents is 1. The van der Waals surface area contributed by atoms with Crippen LogP contribution in [0.4, 0.5) is 5.69 Å². The molecule has 0 aliphatic rings. The molecule has 2 aromatic carbocycles. The molecule has 0 saturated heterocycles. The lowest BCUT2D eigenvalue weighted by Crippen LogP contribution is -2.13. The fourth-order valence-electron chi connectivity index (χ4n) is 2.18. The van der Waals surface area contributed by atoms with E-state index in [1.54, 1.807) is 46.8 Å². The molecule has 24 heavy (non-hydrogen) atoms. The number of aromatic nitrogens is 1. The molecule has 122 valence electrons. The van der Waals surface area contributed by atoms with E-state index in [9.17, 15) is 9.90 Å². The van der Waals surface area contributed by atoms with Gasteiger partial charge in [-0.25, -0.2) is 4.98 Å². The summed E-state index contributed by atoms with van der Waals surface area (Å²) < 4.78 is 0. The van der Waals surface area contributed by atoms with E-state index in [-0.39, 0.29) is 11.7 Å². The number of phenols is 1. The highest BCUT2D eigenvalue weighted by Crippen LogP contribution is 2.29. The van der Waals surface area contributed by atoms with Crippen LogP contribution in [-0.4, -0.2) is 16.0 Å². The quantitative estimate of drug-likeness (QED) is 0.514. The average molecular weight is 356 g/mol. The first-order valence-electron chi connectivity index (χ1n) is 7.33. The number of carbonyl (C=O) groups is 1. The first-order chi connectivity index (χ1) is 11.6. The minimum absolute atomic E-state index is 0.0657. The number of thioether (sulfide) groups is 1. The highest BCUT2D eigenvalue weighted by atomic mass is 32.2. The van der Waals surface area contributed by atoms with Crippen LogP contribution >= 0.6 is 23.1 Å². The topological polar surface area (TPSA) is 62.2 Å². The monoisotopic (exact) mass is 356 g/mol. The molecule has 0 fully saturated rings. The zero-order valence-electron chi connectivity index (χ0n) is 13.0. The van der Waals surface area contributed by atoms with E-state index in [1.165, 1.54) is 0 Å². The summed E-state index contributed by atoms with van der Waals surface area (Å²) >= 11 is 3.13. The first kappa shape index (κ1) is 16.5. The number of hydrogen-bond acceptors (Lipinski definition) is 5. The van der Waals surface area contributed by atoms with Crippen molar-refractivity contribution in [2.45, 2.75) is 17.6 Å². The van der Waals surface area contributed by atoms with Crippen LogP contribution in [0.5, 0.6) is 5.75 Å². The number of rotatable bonds is 5. The van der Waals surface area contributed by atoms with Gasteiger partial charge in [0.05, 0.1) is 22.5 Å². The standard InChI is InChI=1S/C18H16N2O2S2/c1-12-6-7-15(16(21)8-12)20-18(22)14-4-2-3-5-17(14)24-10-13-9-23-11-19-13/h2-9,11,21H,10H2,1H3,(H,20,22). The average Bonchev–Trinajstić information content (AvgIpc) is 3.09. The summed E-state index contributed by atoms with van der Waals surface area (Å²) in [4.78, 5) is 17.7. The van der Waals surface area contributed by atoms with Crippen LogP contribution in [0.15, 0.2) is 58.3 Å². The Bertz CT molecular complexity index is 848. The number of hydrogen-bond donors (Lipinski definition) is 2. The lowest BCUT2D eigenvalue weighted by atomic mass is 10.2. The van der Waals surface area contributed by atoms with Gasteiger partial charge in [0.1, 0.15) is 5.75 Å². The van der Waals surface area contributed by atoms with Gasteiger partial charge in [-0.1, -0.05) is 18.2 Å². The molecule has 0 atom stereocenters. The molecule has 1 aromatic heterocycles. The van der Waals surface area contributed by atoms with Crippen molar-refractivity contribution in [2.75, 3.05) is 5.32 Å². The maximum absolute atomic E-state index is 12.6. The fraction of sp³-hybridized carbons (Fsp3) is 0.111. The molecule has 0 saturated carbocycles. The summed E-state index contributed by atoms with van der Waals surface area (Å²) in [5.74, 6) is 0.537. The third kappa shape index (κ3) is 3.96. The number of benzene rings is 2. The molecule has 0 radical (unpaired) electrons.